The molecule has 1 fully saturated rings. The van der Waals surface area contributed by atoms with E-state index in [-0.39, 0.29) is 5.75 Å². The average molecular weight is 273 g/mol. The number of hydrogen-bond donors (Lipinski definition) is 0. The topological polar surface area (TPSA) is 46.6 Å². The first-order valence-electron chi connectivity index (χ1n) is 5.79. The van der Waals surface area contributed by atoms with Crippen molar-refractivity contribution < 1.29 is 17.0 Å². The molecule has 1 saturated heterocycles. The molecular weight excluding hydrogens is 257 g/mol. The van der Waals surface area contributed by atoms with Crippen LogP contribution in [-0.2, 0) is 10.3 Å². The van der Waals surface area contributed by atoms with Crippen molar-refractivity contribution in [1.82, 2.24) is 4.31 Å². The van der Waals surface area contributed by atoms with E-state index >= 15 is 0 Å². The van der Waals surface area contributed by atoms with Crippen molar-refractivity contribution in [2.45, 2.75) is 32.2 Å². The molecule has 1 aromatic carbocycles. The maximum absolute atomic E-state index is 13.0. The molecule has 1 aliphatic heterocycles. The molecule has 1 heterocycles. The van der Waals surface area contributed by atoms with Crippen molar-refractivity contribution in [3.8, 4) is 5.75 Å². The van der Waals surface area contributed by atoms with Crippen molar-refractivity contribution in [3.63, 3.8) is 0 Å². The predicted molar refractivity (Wildman–Crippen MR) is 66.0 cm³/mol. The van der Waals surface area contributed by atoms with E-state index in [1.165, 1.54) is 22.5 Å². The molecule has 18 heavy (non-hydrogen) atoms. The Kier molecular flexibility index (Phi) is 3.33. The maximum atomic E-state index is 13.0. The number of nitrogens with zero attached hydrogens (tertiary/aromatic N) is 1. The van der Waals surface area contributed by atoms with E-state index in [9.17, 15) is 12.8 Å². The lowest BCUT2D eigenvalue weighted by atomic mass is 10.0. The summed E-state index contributed by atoms with van der Waals surface area (Å²) in [4.78, 5) is 0. The lowest BCUT2D eigenvalue weighted by Crippen LogP contribution is -2.44. The van der Waals surface area contributed by atoms with Gasteiger partial charge in [-0.15, -0.1) is 0 Å². The van der Waals surface area contributed by atoms with Crippen LogP contribution in [0, 0.1) is 5.82 Å². The summed E-state index contributed by atoms with van der Waals surface area (Å²) in [5.41, 5.74) is -0.452. The molecule has 0 aliphatic carbocycles. The zero-order chi connectivity index (χ0) is 13.4. The molecule has 0 spiro atoms. The van der Waals surface area contributed by atoms with Gasteiger partial charge in [-0.1, -0.05) is 6.07 Å². The molecule has 0 atom stereocenters. The Balaban J connectivity index is 2.22. The molecule has 0 aromatic heterocycles. The van der Waals surface area contributed by atoms with Gasteiger partial charge in [0.25, 0.3) is 0 Å². The Hall–Kier alpha value is -1.14. The highest BCUT2D eigenvalue weighted by atomic mass is 32.2. The van der Waals surface area contributed by atoms with Crippen molar-refractivity contribution in [2.75, 3.05) is 6.54 Å². The lowest BCUT2D eigenvalue weighted by Gasteiger charge is -2.29. The minimum atomic E-state index is -3.87. The summed E-state index contributed by atoms with van der Waals surface area (Å²) in [5.74, 6) is -0.527. The molecule has 6 heteroatoms. The summed E-state index contributed by atoms with van der Waals surface area (Å²) < 4.78 is 43.5. The standard InChI is InChI=1S/C12H16FNO3S/c1-12(2)7-4-8-14(12)18(15,16)17-11-6-3-5-10(13)9-11/h3,5-6,9H,4,7-8H2,1-2H3. The minimum absolute atomic E-state index is 0.00213. The molecule has 0 bridgehead atoms. The van der Waals surface area contributed by atoms with Gasteiger partial charge in [0.1, 0.15) is 11.6 Å². The van der Waals surface area contributed by atoms with Crippen LogP contribution in [0.4, 0.5) is 4.39 Å². The van der Waals surface area contributed by atoms with Crippen molar-refractivity contribution in [3.05, 3.63) is 30.1 Å². The third-order valence-electron chi connectivity index (χ3n) is 3.09. The van der Waals surface area contributed by atoms with Gasteiger partial charge < -0.3 is 4.18 Å². The molecule has 1 aromatic rings. The van der Waals surface area contributed by atoms with Crippen molar-refractivity contribution in [2.24, 2.45) is 0 Å². The fourth-order valence-electron chi connectivity index (χ4n) is 2.18. The zero-order valence-corrected chi connectivity index (χ0v) is 11.2. The second kappa shape index (κ2) is 4.51. The Morgan fingerprint density at radius 2 is 2.11 bits per heavy atom. The molecule has 1 aliphatic rings. The molecule has 2 rings (SSSR count). The number of benzene rings is 1. The first-order chi connectivity index (χ1) is 8.31. The van der Waals surface area contributed by atoms with Gasteiger partial charge in [0.05, 0.1) is 0 Å². The highest BCUT2D eigenvalue weighted by Crippen LogP contribution is 2.32. The third-order valence-corrected chi connectivity index (χ3v) is 4.71. The van der Waals surface area contributed by atoms with E-state index in [1.807, 2.05) is 13.8 Å². The lowest BCUT2D eigenvalue weighted by molar-refractivity contribution is 0.265. The van der Waals surface area contributed by atoms with Gasteiger partial charge >= 0.3 is 10.3 Å². The van der Waals surface area contributed by atoms with E-state index < -0.39 is 21.7 Å². The van der Waals surface area contributed by atoms with E-state index in [1.54, 1.807) is 0 Å². The van der Waals surface area contributed by atoms with Crippen LogP contribution in [0.5, 0.6) is 5.75 Å². The molecule has 0 unspecified atom stereocenters. The van der Waals surface area contributed by atoms with E-state index in [4.69, 9.17) is 4.18 Å². The van der Waals surface area contributed by atoms with Crippen molar-refractivity contribution in [1.29, 1.82) is 0 Å². The Bertz CT molecular complexity index is 542. The van der Waals surface area contributed by atoms with Crippen molar-refractivity contribution >= 4 is 10.3 Å². The molecule has 0 amide bonds. The smallest absolute Gasteiger partial charge is 0.371 e. The van der Waals surface area contributed by atoms with Crippen LogP contribution in [0.3, 0.4) is 0 Å². The molecular formula is C12H16FNO3S. The molecule has 4 nitrogen and oxygen atoms in total. The first-order valence-corrected chi connectivity index (χ1v) is 7.16. The number of rotatable bonds is 3. The summed E-state index contributed by atoms with van der Waals surface area (Å²) in [6.45, 7) is 4.14. The molecule has 100 valence electrons. The summed E-state index contributed by atoms with van der Waals surface area (Å²) in [6, 6.07) is 5.12. The van der Waals surface area contributed by atoms with Gasteiger partial charge in [-0.25, -0.2) is 4.39 Å². The molecule has 0 radical (unpaired) electrons. The minimum Gasteiger partial charge on any atom is -0.371 e. The van der Waals surface area contributed by atoms with Gasteiger partial charge in [0.2, 0.25) is 0 Å². The first kappa shape index (κ1) is 13.3. The maximum Gasteiger partial charge on any atom is 0.385 e. The largest absolute Gasteiger partial charge is 0.385 e. The fourth-order valence-corrected chi connectivity index (χ4v) is 3.67. The monoisotopic (exact) mass is 273 g/mol. The van der Waals surface area contributed by atoms with Crippen LogP contribution in [0.25, 0.3) is 0 Å². The summed E-state index contributed by atoms with van der Waals surface area (Å²) >= 11 is 0. The van der Waals surface area contributed by atoms with Gasteiger partial charge in [-0.05, 0) is 38.8 Å². The quantitative estimate of drug-likeness (QED) is 0.849. The van der Waals surface area contributed by atoms with E-state index in [0.29, 0.717) is 6.54 Å². The summed E-state index contributed by atoms with van der Waals surface area (Å²) in [7, 11) is -3.87. The zero-order valence-electron chi connectivity index (χ0n) is 10.4. The van der Waals surface area contributed by atoms with Crippen LogP contribution in [0.2, 0.25) is 0 Å². The SMILES string of the molecule is CC1(C)CCCN1S(=O)(=O)Oc1cccc(F)c1. The summed E-state index contributed by atoms with van der Waals surface area (Å²) in [6.07, 6.45) is 1.59. The van der Waals surface area contributed by atoms with Gasteiger partial charge in [0, 0.05) is 18.2 Å². The average Bonchev–Trinajstić information content (AvgIpc) is 2.58. The van der Waals surface area contributed by atoms with Gasteiger partial charge in [-0.3, -0.25) is 0 Å². The summed E-state index contributed by atoms with van der Waals surface area (Å²) in [5, 5.41) is 0. The second-order valence-electron chi connectivity index (χ2n) is 4.99. The highest BCUT2D eigenvalue weighted by molar-refractivity contribution is 7.84. The molecule has 0 N–H and O–H groups in total. The Morgan fingerprint density at radius 1 is 1.39 bits per heavy atom. The highest BCUT2D eigenvalue weighted by Gasteiger charge is 2.41. The van der Waals surface area contributed by atoms with Crippen LogP contribution in [0.1, 0.15) is 26.7 Å². The Labute approximate surface area is 107 Å². The fraction of sp³-hybridized carbons (Fsp3) is 0.500. The second-order valence-corrected chi connectivity index (χ2v) is 6.45. The molecule has 0 saturated carbocycles. The van der Waals surface area contributed by atoms with Crippen LogP contribution >= 0.6 is 0 Å². The number of halogens is 1. The number of hydrogen-bond acceptors (Lipinski definition) is 3. The van der Waals surface area contributed by atoms with E-state index in [0.717, 1.165) is 18.9 Å². The van der Waals surface area contributed by atoms with Gasteiger partial charge in [0.15, 0.2) is 0 Å². The predicted octanol–water partition coefficient (Wildman–Crippen LogP) is 2.32. The van der Waals surface area contributed by atoms with Gasteiger partial charge in [-0.2, -0.15) is 12.7 Å². The van der Waals surface area contributed by atoms with Crippen LogP contribution < -0.4 is 4.18 Å². The normalized spacial score (nSPS) is 19.9. The van der Waals surface area contributed by atoms with E-state index in [2.05, 4.69) is 0 Å². The Morgan fingerprint density at radius 3 is 2.67 bits per heavy atom. The third kappa shape index (κ3) is 2.64. The van der Waals surface area contributed by atoms with Crippen LogP contribution in [-0.4, -0.2) is 24.8 Å². The van der Waals surface area contributed by atoms with Crippen LogP contribution in [0.15, 0.2) is 24.3 Å².